The van der Waals surface area contributed by atoms with E-state index in [9.17, 15) is 0 Å². The first-order valence-corrected chi connectivity index (χ1v) is 9.30. The maximum Gasteiger partial charge on any atom is 0.191 e. The number of aromatic nitrogens is 1. The molecule has 1 aromatic heterocycles. The standard InChI is InChI=1S/C19H28N4OS.HI/c1-12-7-8-17(24-6)16(11-12)13(2)23-19(20-5)21-10-9-18-14(3)22-15(4)25-18;/h7-8,11,13H,9-10H2,1-6H3,(H2,20,21,23);1H. The molecular formula is C19H29IN4OS. The number of rotatable bonds is 6. The van der Waals surface area contributed by atoms with Gasteiger partial charge < -0.3 is 15.4 Å². The van der Waals surface area contributed by atoms with E-state index in [-0.39, 0.29) is 30.0 Å². The minimum atomic E-state index is 0. The molecule has 5 nitrogen and oxygen atoms in total. The summed E-state index contributed by atoms with van der Waals surface area (Å²) in [5, 5.41) is 7.94. The third-order valence-electron chi connectivity index (χ3n) is 4.07. The lowest BCUT2D eigenvalue weighted by Crippen LogP contribution is -2.39. The van der Waals surface area contributed by atoms with E-state index in [1.807, 2.05) is 13.0 Å². The molecule has 0 spiro atoms. The average molecular weight is 488 g/mol. The normalized spacial score (nSPS) is 12.3. The highest BCUT2D eigenvalue weighted by Crippen LogP contribution is 2.26. The van der Waals surface area contributed by atoms with Crippen LogP contribution in [0.1, 0.15) is 39.7 Å². The van der Waals surface area contributed by atoms with Gasteiger partial charge in [0, 0.05) is 30.5 Å². The molecular weight excluding hydrogens is 459 g/mol. The Bertz CT molecular complexity index is 745. The largest absolute Gasteiger partial charge is 0.496 e. The number of aliphatic imine (C=N–C) groups is 1. The average Bonchev–Trinajstić information content (AvgIpc) is 2.91. The molecule has 7 heteroatoms. The highest BCUT2D eigenvalue weighted by molar-refractivity contribution is 14.0. The van der Waals surface area contributed by atoms with E-state index in [2.05, 4.69) is 53.5 Å². The summed E-state index contributed by atoms with van der Waals surface area (Å²) in [5.74, 6) is 1.67. The van der Waals surface area contributed by atoms with Crippen LogP contribution >= 0.6 is 35.3 Å². The van der Waals surface area contributed by atoms with Crippen LogP contribution in [0.3, 0.4) is 0 Å². The molecule has 0 amide bonds. The molecule has 0 aliphatic carbocycles. The summed E-state index contributed by atoms with van der Waals surface area (Å²) < 4.78 is 5.49. The lowest BCUT2D eigenvalue weighted by molar-refractivity contribution is 0.405. The molecule has 2 rings (SSSR count). The Balaban J connectivity index is 0.00000338. The molecule has 26 heavy (non-hydrogen) atoms. The van der Waals surface area contributed by atoms with Crippen molar-refractivity contribution in [1.82, 2.24) is 15.6 Å². The van der Waals surface area contributed by atoms with E-state index in [1.54, 1.807) is 25.5 Å². The van der Waals surface area contributed by atoms with Gasteiger partial charge in [-0.1, -0.05) is 17.7 Å². The lowest BCUT2D eigenvalue weighted by atomic mass is 10.0. The summed E-state index contributed by atoms with van der Waals surface area (Å²) in [7, 11) is 3.49. The van der Waals surface area contributed by atoms with Crippen molar-refractivity contribution >= 4 is 41.3 Å². The van der Waals surface area contributed by atoms with E-state index in [0.29, 0.717) is 0 Å². The maximum atomic E-state index is 5.49. The van der Waals surface area contributed by atoms with E-state index in [0.717, 1.165) is 40.9 Å². The van der Waals surface area contributed by atoms with Crippen LogP contribution in [0.4, 0.5) is 0 Å². The number of nitrogens with zero attached hydrogens (tertiary/aromatic N) is 2. The van der Waals surface area contributed by atoms with Gasteiger partial charge in [-0.2, -0.15) is 0 Å². The van der Waals surface area contributed by atoms with Gasteiger partial charge in [-0.05, 0) is 33.8 Å². The quantitative estimate of drug-likeness (QED) is 0.364. The Kier molecular flexibility index (Phi) is 9.35. The van der Waals surface area contributed by atoms with Crippen LogP contribution < -0.4 is 15.4 Å². The third-order valence-corrected chi connectivity index (χ3v) is 5.21. The number of hydrogen-bond donors (Lipinski definition) is 2. The highest BCUT2D eigenvalue weighted by atomic mass is 127. The van der Waals surface area contributed by atoms with Crippen molar-refractivity contribution in [1.29, 1.82) is 0 Å². The van der Waals surface area contributed by atoms with Crippen molar-refractivity contribution in [2.75, 3.05) is 20.7 Å². The second-order valence-corrected chi connectivity index (χ2v) is 7.39. The number of benzene rings is 1. The van der Waals surface area contributed by atoms with Gasteiger partial charge in [0.1, 0.15) is 5.75 Å². The molecule has 0 saturated carbocycles. The smallest absolute Gasteiger partial charge is 0.191 e. The number of ether oxygens (including phenoxy) is 1. The highest BCUT2D eigenvalue weighted by Gasteiger charge is 2.13. The zero-order chi connectivity index (χ0) is 18.4. The summed E-state index contributed by atoms with van der Waals surface area (Å²) in [4.78, 5) is 10.1. The van der Waals surface area contributed by atoms with Gasteiger partial charge in [-0.15, -0.1) is 35.3 Å². The number of guanidine groups is 1. The number of halogens is 1. The number of methoxy groups -OCH3 is 1. The second-order valence-electron chi connectivity index (χ2n) is 6.10. The molecule has 0 saturated heterocycles. The number of thiazole rings is 1. The van der Waals surface area contributed by atoms with E-state index in [4.69, 9.17) is 4.74 Å². The maximum absolute atomic E-state index is 5.49. The first-order chi connectivity index (χ1) is 11.9. The summed E-state index contributed by atoms with van der Waals surface area (Å²) in [6, 6.07) is 6.30. The minimum absolute atomic E-state index is 0. The van der Waals surface area contributed by atoms with Gasteiger partial charge in [0.25, 0.3) is 0 Å². The molecule has 144 valence electrons. The van der Waals surface area contributed by atoms with Crippen molar-refractivity contribution in [2.45, 2.75) is 40.2 Å². The van der Waals surface area contributed by atoms with Crippen molar-refractivity contribution < 1.29 is 4.74 Å². The zero-order valence-electron chi connectivity index (χ0n) is 16.3. The fourth-order valence-corrected chi connectivity index (χ4v) is 3.71. The van der Waals surface area contributed by atoms with Crippen LogP contribution in [0.2, 0.25) is 0 Å². The minimum Gasteiger partial charge on any atom is -0.496 e. The van der Waals surface area contributed by atoms with Crippen LogP contribution in [0.5, 0.6) is 5.75 Å². The van der Waals surface area contributed by atoms with Gasteiger partial charge in [0.2, 0.25) is 0 Å². The molecule has 0 aliphatic rings. The second kappa shape index (κ2) is 10.7. The molecule has 1 atom stereocenters. The fourth-order valence-electron chi connectivity index (χ4n) is 2.77. The number of hydrogen-bond acceptors (Lipinski definition) is 4. The summed E-state index contributed by atoms with van der Waals surface area (Å²) >= 11 is 1.76. The summed E-state index contributed by atoms with van der Waals surface area (Å²) in [6.07, 6.45) is 0.945. The summed E-state index contributed by atoms with van der Waals surface area (Å²) in [6.45, 7) is 9.13. The molecule has 2 N–H and O–H groups in total. The van der Waals surface area contributed by atoms with E-state index >= 15 is 0 Å². The zero-order valence-corrected chi connectivity index (χ0v) is 19.5. The molecule has 0 radical (unpaired) electrons. The molecule has 2 aromatic rings. The Hall–Kier alpha value is -1.35. The Morgan fingerprint density at radius 2 is 2.04 bits per heavy atom. The molecule has 1 unspecified atom stereocenters. The van der Waals surface area contributed by atoms with Crippen molar-refractivity contribution in [2.24, 2.45) is 4.99 Å². The molecule has 0 bridgehead atoms. The first kappa shape index (κ1) is 22.7. The van der Waals surface area contributed by atoms with Crippen molar-refractivity contribution in [3.8, 4) is 5.75 Å². The first-order valence-electron chi connectivity index (χ1n) is 8.49. The van der Waals surface area contributed by atoms with Crippen LogP contribution in [0, 0.1) is 20.8 Å². The monoisotopic (exact) mass is 488 g/mol. The van der Waals surface area contributed by atoms with Gasteiger partial charge in [0.05, 0.1) is 23.9 Å². The van der Waals surface area contributed by atoms with Crippen LogP contribution in [-0.4, -0.2) is 31.6 Å². The van der Waals surface area contributed by atoms with Crippen LogP contribution in [0.15, 0.2) is 23.2 Å². The van der Waals surface area contributed by atoms with Gasteiger partial charge in [0.15, 0.2) is 5.96 Å². The SMILES string of the molecule is CN=C(NCCc1sc(C)nc1C)NC(C)c1cc(C)ccc1OC.I. The van der Waals surface area contributed by atoms with Crippen LogP contribution in [-0.2, 0) is 6.42 Å². The van der Waals surface area contributed by atoms with Gasteiger partial charge in [-0.3, -0.25) is 4.99 Å². The van der Waals surface area contributed by atoms with E-state index in [1.165, 1.54) is 10.4 Å². The summed E-state index contributed by atoms with van der Waals surface area (Å²) in [5.41, 5.74) is 3.47. The van der Waals surface area contributed by atoms with Crippen LogP contribution in [0.25, 0.3) is 0 Å². The van der Waals surface area contributed by atoms with Crippen molar-refractivity contribution in [3.05, 3.63) is 44.9 Å². The molecule has 1 aromatic carbocycles. The molecule has 0 fully saturated rings. The predicted octanol–water partition coefficient (Wildman–Crippen LogP) is 4.16. The topological polar surface area (TPSA) is 58.5 Å². The molecule has 1 heterocycles. The van der Waals surface area contributed by atoms with Gasteiger partial charge in [-0.25, -0.2) is 4.98 Å². The fraction of sp³-hybridized carbons (Fsp3) is 0.474. The molecule has 0 aliphatic heterocycles. The van der Waals surface area contributed by atoms with Gasteiger partial charge >= 0.3 is 0 Å². The number of nitrogens with one attached hydrogen (secondary N) is 2. The Morgan fingerprint density at radius 1 is 1.31 bits per heavy atom. The van der Waals surface area contributed by atoms with E-state index < -0.39 is 0 Å². The predicted molar refractivity (Wildman–Crippen MR) is 121 cm³/mol. The Morgan fingerprint density at radius 3 is 2.62 bits per heavy atom. The van der Waals surface area contributed by atoms with Crippen molar-refractivity contribution in [3.63, 3.8) is 0 Å². The third kappa shape index (κ3) is 6.12. The Labute approximate surface area is 177 Å². The number of aryl methyl sites for hydroxylation is 3. The lowest BCUT2D eigenvalue weighted by Gasteiger charge is -2.20.